The molecule has 0 radical (unpaired) electrons. The number of nitrogens with one attached hydrogen (secondary N) is 1. The molecule has 0 atom stereocenters. The third-order valence-electron chi connectivity index (χ3n) is 1.82. The van der Waals surface area contributed by atoms with Crippen molar-refractivity contribution >= 4 is 23.4 Å². The average Bonchev–Trinajstić information content (AvgIpc) is 2.25. The lowest BCUT2D eigenvalue weighted by Crippen LogP contribution is -2.25. The van der Waals surface area contributed by atoms with Crippen molar-refractivity contribution in [1.82, 2.24) is 5.32 Å². The van der Waals surface area contributed by atoms with Crippen LogP contribution in [0.15, 0.2) is 29.2 Å². The van der Waals surface area contributed by atoms with Crippen molar-refractivity contribution in [2.45, 2.75) is 18.2 Å². The quantitative estimate of drug-likeness (QED) is 0.593. The van der Waals surface area contributed by atoms with Crippen LogP contribution in [-0.2, 0) is 4.79 Å². The molecule has 0 heterocycles. The normalized spacial score (nSPS) is 9.93. The Morgan fingerprint density at radius 3 is 2.67 bits per heavy atom. The first-order chi connectivity index (χ1) is 7.22. The topological polar surface area (TPSA) is 55.1 Å². The number of amides is 1. The molecule has 1 rings (SSSR count). The molecule has 15 heavy (non-hydrogen) atoms. The predicted octanol–water partition coefficient (Wildman–Crippen LogP) is 1.89. The van der Waals surface area contributed by atoms with Gasteiger partial charge in [0.15, 0.2) is 0 Å². The molecule has 1 aromatic carbocycles. The molecule has 0 unspecified atom stereocenters. The highest BCUT2D eigenvalue weighted by molar-refractivity contribution is 8.00. The van der Waals surface area contributed by atoms with Gasteiger partial charge in [-0.15, -0.1) is 11.8 Å². The number of nitrogen functional groups attached to an aromatic ring is 1. The lowest BCUT2D eigenvalue weighted by molar-refractivity contribution is -0.118. The molecule has 0 bridgehead atoms. The first-order valence-electron chi connectivity index (χ1n) is 4.97. The Hall–Kier alpha value is -1.16. The summed E-state index contributed by atoms with van der Waals surface area (Å²) in [7, 11) is 0. The van der Waals surface area contributed by atoms with E-state index in [1.54, 1.807) is 0 Å². The highest BCUT2D eigenvalue weighted by atomic mass is 32.2. The smallest absolute Gasteiger partial charge is 0.230 e. The van der Waals surface area contributed by atoms with Gasteiger partial charge in [-0.1, -0.05) is 6.92 Å². The van der Waals surface area contributed by atoms with Crippen LogP contribution in [-0.4, -0.2) is 18.2 Å². The lowest BCUT2D eigenvalue weighted by atomic mass is 10.3. The SMILES string of the molecule is CCCNC(=O)CSc1ccc(N)cc1. The molecule has 0 saturated carbocycles. The molecule has 3 N–H and O–H groups in total. The van der Waals surface area contributed by atoms with Crippen LogP contribution in [0.25, 0.3) is 0 Å². The number of carbonyl (C=O) groups excluding carboxylic acids is 1. The highest BCUT2D eigenvalue weighted by Gasteiger charge is 2.01. The van der Waals surface area contributed by atoms with Crippen molar-refractivity contribution in [3.8, 4) is 0 Å². The van der Waals surface area contributed by atoms with Gasteiger partial charge in [0.2, 0.25) is 5.91 Å². The molecule has 0 aromatic heterocycles. The molecular weight excluding hydrogens is 208 g/mol. The summed E-state index contributed by atoms with van der Waals surface area (Å²) >= 11 is 1.52. The van der Waals surface area contributed by atoms with E-state index in [1.807, 2.05) is 31.2 Å². The third kappa shape index (κ3) is 4.74. The van der Waals surface area contributed by atoms with E-state index in [2.05, 4.69) is 5.32 Å². The summed E-state index contributed by atoms with van der Waals surface area (Å²) in [6, 6.07) is 7.53. The van der Waals surface area contributed by atoms with Crippen molar-refractivity contribution < 1.29 is 4.79 Å². The van der Waals surface area contributed by atoms with Crippen LogP contribution >= 0.6 is 11.8 Å². The fraction of sp³-hybridized carbons (Fsp3) is 0.364. The molecular formula is C11H16N2OS. The number of hydrogen-bond acceptors (Lipinski definition) is 3. The van der Waals surface area contributed by atoms with Gasteiger partial charge in [0, 0.05) is 17.1 Å². The molecule has 1 amide bonds. The first kappa shape index (κ1) is 11.9. The Balaban J connectivity index is 2.30. The van der Waals surface area contributed by atoms with Crippen molar-refractivity contribution in [3.05, 3.63) is 24.3 Å². The Kier molecular flexibility index (Phi) is 5.04. The summed E-state index contributed by atoms with van der Waals surface area (Å²) in [6.45, 7) is 2.79. The van der Waals surface area contributed by atoms with Crippen LogP contribution in [0.1, 0.15) is 13.3 Å². The van der Waals surface area contributed by atoms with Gasteiger partial charge >= 0.3 is 0 Å². The van der Waals surface area contributed by atoms with Gasteiger partial charge in [0.05, 0.1) is 5.75 Å². The molecule has 3 nitrogen and oxygen atoms in total. The number of thioether (sulfide) groups is 1. The molecule has 0 aliphatic carbocycles. The molecule has 82 valence electrons. The lowest BCUT2D eigenvalue weighted by Gasteiger charge is -2.03. The van der Waals surface area contributed by atoms with Gasteiger partial charge in [-0.3, -0.25) is 4.79 Å². The monoisotopic (exact) mass is 224 g/mol. The van der Waals surface area contributed by atoms with E-state index < -0.39 is 0 Å². The summed E-state index contributed by atoms with van der Waals surface area (Å²) in [5.74, 6) is 0.544. The van der Waals surface area contributed by atoms with Crippen LogP contribution in [0.5, 0.6) is 0 Å². The maximum absolute atomic E-state index is 11.3. The first-order valence-corrected chi connectivity index (χ1v) is 5.96. The maximum Gasteiger partial charge on any atom is 0.230 e. The summed E-state index contributed by atoms with van der Waals surface area (Å²) in [5.41, 5.74) is 6.30. The van der Waals surface area contributed by atoms with E-state index in [1.165, 1.54) is 11.8 Å². The zero-order valence-corrected chi connectivity index (χ0v) is 9.64. The fourth-order valence-corrected chi connectivity index (χ4v) is 1.76. The van der Waals surface area contributed by atoms with Gasteiger partial charge in [-0.05, 0) is 30.7 Å². The average molecular weight is 224 g/mol. The van der Waals surface area contributed by atoms with Gasteiger partial charge in [0.25, 0.3) is 0 Å². The predicted molar refractivity (Wildman–Crippen MR) is 64.9 cm³/mol. The molecule has 0 saturated heterocycles. The van der Waals surface area contributed by atoms with Crippen LogP contribution in [0.2, 0.25) is 0 Å². The van der Waals surface area contributed by atoms with Crippen LogP contribution in [0.4, 0.5) is 5.69 Å². The van der Waals surface area contributed by atoms with Gasteiger partial charge in [-0.25, -0.2) is 0 Å². The second-order valence-corrected chi connectivity index (χ2v) is 4.26. The summed E-state index contributed by atoms with van der Waals surface area (Å²) in [4.78, 5) is 12.4. The second kappa shape index (κ2) is 6.35. The number of anilines is 1. The van der Waals surface area contributed by atoms with Crippen molar-refractivity contribution in [3.63, 3.8) is 0 Å². The summed E-state index contributed by atoms with van der Waals surface area (Å²) in [5, 5.41) is 2.83. The van der Waals surface area contributed by atoms with Crippen LogP contribution < -0.4 is 11.1 Å². The van der Waals surface area contributed by atoms with E-state index in [0.717, 1.165) is 23.5 Å². The van der Waals surface area contributed by atoms with E-state index in [4.69, 9.17) is 5.73 Å². The number of rotatable bonds is 5. The van der Waals surface area contributed by atoms with Crippen molar-refractivity contribution in [2.24, 2.45) is 0 Å². The number of nitrogens with two attached hydrogens (primary N) is 1. The van der Waals surface area contributed by atoms with Crippen LogP contribution in [0.3, 0.4) is 0 Å². The number of hydrogen-bond donors (Lipinski definition) is 2. The summed E-state index contributed by atoms with van der Waals surface area (Å²) < 4.78 is 0. The van der Waals surface area contributed by atoms with Crippen LogP contribution in [0, 0.1) is 0 Å². The maximum atomic E-state index is 11.3. The van der Waals surface area contributed by atoms with Gasteiger partial charge < -0.3 is 11.1 Å². The highest BCUT2D eigenvalue weighted by Crippen LogP contribution is 2.18. The Morgan fingerprint density at radius 2 is 2.07 bits per heavy atom. The van der Waals surface area contributed by atoms with E-state index in [9.17, 15) is 4.79 Å². The molecule has 0 aliphatic heterocycles. The molecule has 0 aliphatic rings. The number of benzene rings is 1. The van der Waals surface area contributed by atoms with E-state index >= 15 is 0 Å². The third-order valence-corrected chi connectivity index (χ3v) is 2.83. The van der Waals surface area contributed by atoms with Crippen molar-refractivity contribution in [2.75, 3.05) is 18.0 Å². The molecule has 4 heteroatoms. The van der Waals surface area contributed by atoms with E-state index in [0.29, 0.717) is 5.75 Å². The zero-order valence-electron chi connectivity index (χ0n) is 8.82. The minimum Gasteiger partial charge on any atom is -0.399 e. The Labute approximate surface area is 94.4 Å². The minimum absolute atomic E-state index is 0.0821. The Bertz CT molecular complexity index is 311. The Morgan fingerprint density at radius 1 is 1.40 bits per heavy atom. The largest absolute Gasteiger partial charge is 0.399 e. The molecule has 0 spiro atoms. The minimum atomic E-state index is 0.0821. The standard InChI is InChI=1S/C11H16N2OS/c1-2-7-13-11(14)8-15-10-5-3-9(12)4-6-10/h3-6H,2,7-8,12H2,1H3,(H,13,14). The van der Waals surface area contributed by atoms with Gasteiger partial charge in [0.1, 0.15) is 0 Å². The number of carbonyl (C=O) groups is 1. The fourth-order valence-electron chi connectivity index (χ4n) is 1.03. The van der Waals surface area contributed by atoms with Crippen molar-refractivity contribution in [1.29, 1.82) is 0 Å². The molecule has 0 fully saturated rings. The zero-order chi connectivity index (χ0) is 11.1. The van der Waals surface area contributed by atoms with E-state index in [-0.39, 0.29) is 5.91 Å². The van der Waals surface area contributed by atoms with Gasteiger partial charge in [-0.2, -0.15) is 0 Å². The second-order valence-electron chi connectivity index (χ2n) is 3.21. The molecule has 1 aromatic rings. The summed E-state index contributed by atoms with van der Waals surface area (Å²) in [6.07, 6.45) is 0.971.